The van der Waals surface area contributed by atoms with Crippen LogP contribution in [-0.2, 0) is 20.8 Å². The molecule has 11 nitrogen and oxygen atoms in total. The highest BCUT2D eigenvalue weighted by molar-refractivity contribution is 6.35. The third kappa shape index (κ3) is 4.71. The molecule has 0 bridgehead atoms. The molecule has 0 aromatic carbocycles. The van der Waals surface area contributed by atoms with E-state index in [9.17, 15) is 19.2 Å². The van der Waals surface area contributed by atoms with E-state index in [0.717, 1.165) is 17.0 Å². The number of nitrogens with zero attached hydrogens (tertiary/aromatic N) is 5. The Balaban J connectivity index is 1.60. The summed E-state index contributed by atoms with van der Waals surface area (Å²) in [5.74, 6) is -1.80. The first-order chi connectivity index (χ1) is 15.1. The van der Waals surface area contributed by atoms with Crippen molar-refractivity contribution in [3.05, 3.63) is 28.7 Å². The summed E-state index contributed by atoms with van der Waals surface area (Å²) in [6, 6.07) is -0.112. The minimum atomic E-state index is -0.619. The molecule has 1 aliphatic heterocycles. The number of carbonyl (C=O) groups is 4. The van der Waals surface area contributed by atoms with Crippen LogP contribution in [0, 0.1) is 13.8 Å². The van der Waals surface area contributed by atoms with Crippen molar-refractivity contribution < 1.29 is 19.2 Å². The normalized spacial score (nSPS) is 14.2. The van der Waals surface area contributed by atoms with Crippen molar-refractivity contribution in [3.63, 3.8) is 0 Å². The maximum atomic E-state index is 12.7. The van der Waals surface area contributed by atoms with Gasteiger partial charge in [-0.25, -0.2) is 9.50 Å². The van der Waals surface area contributed by atoms with Crippen molar-refractivity contribution in [2.45, 2.75) is 46.6 Å². The first-order valence-corrected chi connectivity index (χ1v) is 10.6. The zero-order valence-corrected chi connectivity index (χ0v) is 18.8. The molecule has 3 rings (SSSR count). The Kier molecular flexibility index (Phi) is 6.75. The van der Waals surface area contributed by atoms with Gasteiger partial charge in [-0.3, -0.25) is 19.2 Å². The van der Waals surface area contributed by atoms with E-state index in [0.29, 0.717) is 38.2 Å². The Morgan fingerprint density at radius 2 is 1.72 bits per heavy atom. The van der Waals surface area contributed by atoms with Gasteiger partial charge in [-0.2, -0.15) is 5.10 Å². The van der Waals surface area contributed by atoms with Crippen LogP contribution in [0.15, 0.2) is 6.20 Å². The van der Waals surface area contributed by atoms with Gasteiger partial charge in [-0.05, 0) is 39.7 Å². The van der Waals surface area contributed by atoms with Gasteiger partial charge in [0.25, 0.3) is 5.91 Å². The fourth-order valence-electron chi connectivity index (χ4n) is 3.86. The van der Waals surface area contributed by atoms with Crippen molar-refractivity contribution in [3.8, 4) is 0 Å². The lowest BCUT2D eigenvalue weighted by Crippen LogP contribution is -2.54. The zero-order valence-electron chi connectivity index (χ0n) is 18.8. The number of amides is 4. The van der Waals surface area contributed by atoms with Crippen LogP contribution < -0.4 is 11.1 Å². The number of rotatable bonds is 5. The molecule has 1 saturated heterocycles. The predicted molar refractivity (Wildman–Crippen MR) is 116 cm³/mol. The third-order valence-corrected chi connectivity index (χ3v) is 5.60. The van der Waals surface area contributed by atoms with Crippen LogP contribution in [0.3, 0.4) is 0 Å². The monoisotopic (exact) mass is 443 g/mol. The number of carbonyl (C=O) groups excluding carboxylic acids is 4. The van der Waals surface area contributed by atoms with Gasteiger partial charge in [0.05, 0.1) is 6.20 Å². The Morgan fingerprint density at radius 1 is 1.09 bits per heavy atom. The molecule has 3 N–H and O–H groups in total. The van der Waals surface area contributed by atoms with Crippen LogP contribution in [0.25, 0.3) is 5.65 Å². The summed E-state index contributed by atoms with van der Waals surface area (Å²) in [6.07, 6.45) is 2.15. The smallest absolute Gasteiger partial charge is 0.312 e. The number of piperazine rings is 1. The van der Waals surface area contributed by atoms with Gasteiger partial charge in [-0.15, -0.1) is 0 Å². The van der Waals surface area contributed by atoms with E-state index in [-0.39, 0.29) is 23.9 Å². The second kappa shape index (κ2) is 9.33. The van der Waals surface area contributed by atoms with Gasteiger partial charge in [0.2, 0.25) is 5.91 Å². The zero-order chi connectivity index (χ0) is 23.6. The molecule has 0 aliphatic carbocycles. The van der Waals surface area contributed by atoms with Crippen molar-refractivity contribution >= 4 is 29.3 Å². The van der Waals surface area contributed by atoms with Gasteiger partial charge in [0.1, 0.15) is 5.56 Å². The summed E-state index contributed by atoms with van der Waals surface area (Å²) >= 11 is 0. The Morgan fingerprint density at radius 3 is 2.31 bits per heavy atom. The van der Waals surface area contributed by atoms with Gasteiger partial charge < -0.3 is 20.9 Å². The molecule has 1 aliphatic rings. The first kappa shape index (κ1) is 23.2. The summed E-state index contributed by atoms with van der Waals surface area (Å²) in [7, 11) is 0. The molecule has 32 heavy (non-hydrogen) atoms. The molecular weight excluding hydrogens is 414 g/mol. The molecule has 2 aromatic rings. The van der Waals surface area contributed by atoms with Gasteiger partial charge >= 0.3 is 11.8 Å². The average molecular weight is 444 g/mol. The summed E-state index contributed by atoms with van der Waals surface area (Å²) < 4.78 is 1.57. The average Bonchev–Trinajstić information content (AvgIpc) is 3.16. The molecule has 0 spiro atoms. The standard InChI is InChI=1S/C21H29N7O4/c1-12(2)24-20(31)21(32)27-9-7-26(8-10-27)17(29)6-5-15-13(3)25-19-16(18(22)30)11-23-28(19)14(15)4/h11-12H,5-10H2,1-4H3,(H2,22,30)(H,24,31). The molecule has 2 aromatic heterocycles. The summed E-state index contributed by atoms with van der Waals surface area (Å²) in [6.45, 7) is 8.70. The molecular formula is C21H29N7O4. The highest BCUT2D eigenvalue weighted by Crippen LogP contribution is 2.19. The van der Waals surface area contributed by atoms with Crippen LogP contribution in [-0.4, -0.2) is 80.2 Å². The maximum absolute atomic E-state index is 12.7. The Bertz CT molecular complexity index is 1070. The van der Waals surface area contributed by atoms with Crippen LogP contribution in [0.5, 0.6) is 0 Å². The van der Waals surface area contributed by atoms with Gasteiger partial charge in [0, 0.05) is 50.0 Å². The first-order valence-electron chi connectivity index (χ1n) is 10.6. The Hall–Kier alpha value is -3.50. The number of nitrogens with two attached hydrogens (primary N) is 1. The molecule has 4 amide bonds. The number of aryl methyl sites for hydroxylation is 2. The second-order valence-corrected chi connectivity index (χ2v) is 8.22. The van der Waals surface area contributed by atoms with E-state index in [1.54, 1.807) is 23.3 Å². The molecule has 0 saturated carbocycles. The molecule has 3 heterocycles. The highest BCUT2D eigenvalue weighted by atomic mass is 16.2. The lowest BCUT2D eigenvalue weighted by atomic mass is 10.1. The van der Waals surface area contributed by atoms with E-state index in [4.69, 9.17) is 5.73 Å². The van der Waals surface area contributed by atoms with Crippen molar-refractivity contribution in [1.29, 1.82) is 0 Å². The molecule has 0 radical (unpaired) electrons. The van der Waals surface area contributed by atoms with Crippen molar-refractivity contribution in [1.82, 2.24) is 29.7 Å². The molecule has 0 atom stereocenters. The quantitative estimate of drug-likeness (QED) is 0.601. The molecule has 172 valence electrons. The number of hydrogen-bond acceptors (Lipinski definition) is 6. The van der Waals surface area contributed by atoms with Crippen molar-refractivity contribution in [2.24, 2.45) is 5.73 Å². The molecule has 1 fully saturated rings. The van der Waals surface area contributed by atoms with E-state index in [1.165, 1.54) is 11.1 Å². The van der Waals surface area contributed by atoms with E-state index < -0.39 is 17.7 Å². The molecule has 0 unspecified atom stereocenters. The third-order valence-electron chi connectivity index (χ3n) is 5.60. The lowest BCUT2D eigenvalue weighted by Gasteiger charge is -2.34. The largest absolute Gasteiger partial charge is 0.365 e. The fourth-order valence-corrected chi connectivity index (χ4v) is 3.86. The predicted octanol–water partition coefficient (Wildman–Crippen LogP) is -0.427. The number of primary amides is 1. The summed E-state index contributed by atoms with van der Waals surface area (Å²) in [5, 5.41) is 6.80. The maximum Gasteiger partial charge on any atom is 0.312 e. The highest BCUT2D eigenvalue weighted by Gasteiger charge is 2.28. The topological polar surface area (TPSA) is 143 Å². The molecule has 11 heteroatoms. The van der Waals surface area contributed by atoms with E-state index in [1.807, 2.05) is 13.8 Å². The lowest BCUT2D eigenvalue weighted by molar-refractivity contribution is -0.148. The SMILES string of the molecule is Cc1nc2c(C(N)=O)cnn2c(C)c1CCC(=O)N1CCN(C(=O)C(=O)NC(C)C)CC1. The summed E-state index contributed by atoms with van der Waals surface area (Å²) in [4.78, 5) is 56.1. The van der Waals surface area contributed by atoms with Gasteiger partial charge in [0.15, 0.2) is 5.65 Å². The number of nitrogens with one attached hydrogen (secondary N) is 1. The fraction of sp³-hybridized carbons (Fsp3) is 0.524. The van der Waals surface area contributed by atoms with E-state index in [2.05, 4.69) is 15.4 Å². The van der Waals surface area contributed by atoms with Gasteiger partial charge in [-0.1, -0.05) is 0 Å². The van der Waals surface area contributed by atoms with Crippen LogP contribution in [0.1, 0.15) is 47.6 Å². The van der Waals surface area contributed by atoms with Crippen LogP contribution in [0.4, 0.5) is 0 Å². The van der Waals surface area contributed by atoms with Crippen LogP contribution >= 0.6 is 0 Å². The number of hydrogen-bond donors (Lipinski definition) is 2. The van der Waals surface area contributed by atoms with Crippen molar-refractivity contribution in [2.75, 3.05) is 26.2 Å². The van der Waals surface area contributed by atoms with E-state index >= 15 is 0 Å². The minimum Gasteiger partial charge on any atom is -0.365 e. The second-order valence-electron chi connectivity index (χ2n) is 8.22. The number of fused-ring (bicyclic) bond motifs is 1. The Labute approximate surface area is 185 Å². The summed E-state index contributed by atoms with van der Waals surface area (Å²) in [5.41, 5.74) is 8.46. The number of aromatic nitrogens is 3. The minimum absolute atomic E-state index is 0.0269. The van der Waals surface area contributed by atoms with Crippen LogP contribution in [0.2, 0.25) is 0 Å².